The van der Waals surface area contributed by atoms with Gasteiger partial charge in [-0.25, -0.2) is 4.98 Å². The van der Waals surface area contributed by atoms with Crippen molar-refractivity contribution in [1.82, 2.24) is 19.7 Å². The average Bonchev–Trinajstić information content (AvgIpc) is 3.37. The molecule has 0 bridgehead atoms. The topological polar surface area (TPSA) is 60.2 Å². The predicted molar refractivity (Wildman–Crippen MR) is 93.8 cm³/mol. The summed E-state index contributed by atoms with van der Waals surface area (Å²) < 4.78 is 13.0. The van der Waals surface area contributed by atoms with Gasteiger partial charge in [-0.05, 0) is 44.9 Å². The standard InChI is InChI=1S/C19H24N4O2/c1-15-18(21-19(25-15)16-7-12-24-14-16)13-22-9-3-2-5-17(22)6-11-23-10-4-8-20-23/h4,7-8,10,12,14,17H,2-3,5-6,9,11,13H2,1H3. The van der Waals surface area contributed by atoms with E-state index in [0.29, 0.717) is 11.9 Å². The Balaban J connectivity index is 1.44. The molecule has 1 aliphatic rings. The summed E-state index contributed by atoms with van der Waals surface area (Å²) in [6.45, 7) is 4.93. The third-order valence-electron chi connectivity index (χ3n) is 5.01. The Bertz CT molecular complexity index is 777. The summed E-state index contributed by atoms with van der Waals surface area (Å²) in [5.41, 5.74) is 1.92. The van der Waals surface area contributed by atoms with Crippen LogP contribution in [0.5, 0.6) is 0 Å². The van der Waals surface area contributed by atoms with Gasteiger partial charge in [0.05, 0.1) is 17.5 Å². The van der Waals surface area contributed by atoms with Gasteiger partial charge in [-0.3, -0.25) is 9.58 Å². The molecule has 1 saturated heterocycles. The molecule has 1 unspecified atom stereocenters. The molecule has 6 heteroatoms. The van der Waals surface area contributed by atoms with Crippen LogP contribution in [0.4, 0.5) is 0 Å². The van der Waals surface area contributed by atoms with Gasteiger partial charge in [-0.2, -0.15) is 5.10 Å². The summed E-state index contributed by atoms with van der Waals surface area (Å²) in [5.74, 6) is 1.54. The molecule has 0 spiro atoms. The van der Waals surface area contributed by atoms with Crippen molar-refractivity contribution in [3.8, 4) is 11.5 Å². The molecule has 0 aliphatic carbocycles. The van der Waals surface area contributed by atoms with Crippen LogP contribution >= 0.6 is 0 Å². The molecule has 0 N–H and O–H groups in total. The first-order valence-corrected chi connectivity index (χ1v) is 9.00. The van der Waals surface area contributed by atoms with Crippen molar-refractivity contribution in [1.29, 1.82) is 0 Å². The zero-order valence-electron chi connectivity index (χ0n) is 14.6. The van der Waals surface area contributed by atoms with Gasteiger partial charge in [-0.15, -0.1) is 0 Å². The largest absolute Gasteiger partial charge is 0.472 e. The van der Waals surface area contributed by atoms with Crippen LogP contribution in [0.15, 0.2) is 45.9 Å². The van der Waals surface area contributed by atoms with Gasteiger partial charge < -0.3 is 8.83 Å². The first kappa shape index (κ1) is 16.1. The number of aromatic nitrogens is 3. The van der Waals surface area contributed by atoms with Crippen LogP contribution in [0.2, 0.25) is 0 Å². The van der Waals surface area contributed by atoms with Crippen LogP contribution in [0.3, 0.4) is 0 Å². The molecule has 6 nitrogen and oxygen atoms in total. The molecular formula is C19H24N4O2. The van der Waals surface area contributed by atoms with E-state index in [1.165, 1.54) is 19.3 Å². The van der Waals surface area contributed by atoms with Gasteiger partial charge >= 0.3 is 0 Å². The molecule has 3 aromatic heterocycles. The van der Waals surface area contributed by atoms with E-state index in [1.54, 1.807) is 12.5 Å². The number of likely N-dealkylation sites (tertiary alicyclic amines) is 1. The lowest BCUT2D eigenvalue weighted by Gasteiger charge is -2.35. The van der Waals surface area contributed by atoms with E-state index >= 15 is 0 Å². The molecular weight excluding hydrogens is 316 g/mol. The van der Waals surface area contributed by atoms with Crippen LogP contribution in [0, 0.1) is 6.92 Å². The van der Waals surface area contributed by atoms with Crippen LogP contribution < -0.4 is 0 Å². The zero-order valence-corrected chi connectivity index (χ0v) is 14.6. The summed E-state index contributed by atoms with van der Waals surface area (Å²) in [4.78, 5) is 7.26. The summed E-state index contributed by atoms with van der Waals surface area (Å²) in [6.07, 6.45) is 12.1. The lowest BCUT2D eigenvalue weighted by Crippen LogP contribution is -2.39. The van der Waals surface area contributed by atoms with E-state index in [0.717, 1.165) is 43.1 Å². The highest BCUT2D eigenvalue weighted by Gasteiger charge is 2.24. The molecule has 3 aromatic rings. The monoisotopic (exact) mass is 340 g/mol. The Hall–Kier alpha value is -2.34. The molecule has 0 saturated carbocycles. The number of rotatable bonds is 6. The Morgan fingerprint density at radius 2 is 2.28 bits per heavy atom. The fourth-order valence-corrected chi connectivity index (χ4v) is 3.59. The second-order valence-electron chi connectivity index (χ2n) is 6.71. The van der Waals surface area contributed by atoms with E-state index in [-0.39, 0.29) is 0 Å². The van der Waals surface area contributed by atoms with Crippen molar-refractivity contribution in [3.63, 3.8) is 0 Å². The first-order chi connectivity index (χ1) is 12.3. The van der Waals surface area contributed by atoms with E-state index in [2.05, 4.69) is 10.00 Å². The van der Waals surface area contributed by atoms with Gasteiger partial charge in [0.25, 0.3) is 0 Å². The smallest absolute Gasteiger partial charge is 0.229 e. The second-order valence-corrected chi connectivity index (χ2v) is 6.71. The second kappa shape index (κ2) is 7.27. The maximum Gasteiger partial charge on any atom is 0.229 e. The number of piperidine rings is 1. The summed E-state index contributed by atoms with van der Waals surface area (Å²) >= 11 is 0. The van der Waals surface area contributed by atoms with Crippen molar-refractivity contribution < 1.29 is 8.83 Å². The third kappa shape index (κ3) is 3.69. The average molecular weight is 340 g/mol. The van der Waals surface area contributed by atoms with Crippen molar-refractivity contribution >= 4 is 0 Å². The molecule has 1 aliphatic heterocycles. The Morgan fingerprint density at radius 1 is 1.32 bits per heavy atom. The number of nitrogens with zero attached hydrogens (tertiary/aromatic N) is 4. The maximum atomic E-state index is 5.84. The van der Waals surface area contributed by atoms with Crippen LogP contribution in [-0.4, -0.2) is 32.3 Å². The van der Waals surface area contributed by atoms with Crippen LogP contribution in [-0.2, 0) is 13.1 Å². The Morgan fingerprint density at radius 3 is 3.08 bits per heavy atom. The molecule has 1 fully saturated rings. The van der Waals surface area contributed by atoms with E-state index < -0.39 is 0 Å². The normalized spacial score (nSPS) is 18.7. The SMILES string of the molecule is Cc1oc(-c2ccoc2)nc1CN1CCCCC1CCn1cccn1. The van der Waals surface area contributed by atoms with Crippen molar-refractivity contribution in [2.24, 2.45) is 0 Å². The Kier molecular flexibility index (Phi) is 4.70. The first-order valence-electron chi connectivity index (χ1n) is 9.00. The lowest BCUT2D eigenvalue weighted by molar-refractivity contribution is 0.125. The van der Waals surface area contributed by atoms with Gasteiger partial charge in [0.15, 0.2) is 0 Å². The molecule has 4 rings (SSSR count). The maximum absolute atomic E-state index is 5.84. The molecule has 4 heterocycles. The summed E-state index contributed by atoms with van der Waals surface area (Å²) in [6, 6.07) is 4.43. The highest BCUT2D eigenvalue weighted by molar-refractivity contribution is 5.51. The van der Waals surface area contributed by atoms with Gasteiger partial charge in [0.1, 0.15) is 12.0 Å². The van der Waals surface area contributed by atoms with E-state index in [1.807, 2.05) is 36.1 Å². The van der Waals surface area contributed by atoms with Crippen molar-refractivity contribution in [2.75, 3.05) is 6.54 Å². The number of aryl methyl sites for hydroxylation is 2. The molecule has 0 radical (unpaired) electrons. The van der Waals surface area contributed by atoms with Gasteiger partial charge in [0.2, 0.25) is 5.89 Å². The van der Waals surface area contributed by atoms with E-state index in [4.69, 9.17) is 13.8 Å². The van der Waals surface area contributed by atoms with Crippen LogP contribution in [0.1, 0.15) is 37.1 Å². The number of hydrogen-bond donors (Lipinski definition) is 0. The van der Waals surface area contributed by atoms with Crippen molar-refractivity contribution in [3.05, 3.63) is 48.5 Å². The highest BCUT2D eigenvalue weighted by atomic mass is 16.4. The molecule has 0 amide bonds. The van der Waals surface area contributed by atoms with Crippen molar-refractivity contribution in [2.45, 2.75) is 51.7 Å². The minimum absolute atomic E-state index is 0.575. The summed E-state index contributed by atoms with van der Waals surface area (Å²) in [7, 11) is 0. The third-order valence-corrected chi connectivity index (χ3v) is 5.01. The number of oxazole rings is 1. The molecule has 132 valence electrons. The van der Waals surface area contributed by atoms with Gasteiger partial charge in [0, 0.05) is 31.5 Å². The van der Waals surface area contributed by atoms with E-state index in [9.17, 15) is 0 Å². The van der Waals surface area contributed by atoms with Gasteiger partial charge in [-0.1, -0.05) is 6.42 Å². The fraction of sp³-hybridized carbons (Fsp3) is 0.474. The Labute approximate surface area is 147 Å². The fourth-order valence-electron chi connectivity index (χ4n) is 3.59. The molecule has 25 heavy (non-hydrogen) atoms. The molecule has 1 atom stereocenters. The predicted octanol–water partition coefficient (Wildman–Crippen LogP) is 3.88. The number of furan rings is 1. The lowest BCUT2D eigenvalue weighted by atomic mass is 9.99. The number of hydrogen-bond acceptors (Lipinski definition) is 5. The highest BCUT2D eigenvalue weighted by Crippen LogP contribution is 2.26. The summed E-state index contributed by atoms with van der Waals surface area (Å²) in [5, 5.41) is 4.32. The molecule has 0 aromatic carbocycles. The zero-order chi connectivity index (χ0) is 17.1. The van der Waals surface area contributed by atoms with Crippen LogP contribution in [0.25, 0.3) is 11.5 Å². The minimum Gasteiger partial charge on any atom is -0.472 e. The quantitative estimate of drug-likeness (QED) is 0.681. The minimum atomic E-state index is 0.575.